The summed E-state index contributed by atoms with van der Waals surface area (Å²) in [5.41, 5.74) is 3.95. The number of aliphatic hydroxyl groups is 1. The Hall–Kier alpha value is -1.85. The van der Waals surface area contributed by atoms with Gasteiger partial charge in [0.25, 0.3) is 5.91 Å². The summed E-state index contributed by atoms with van der Waals surface area (Å²) in [6, 6.07) is 5.99. The van der Waals surface area contributed by atoms with E-state index < -0.39 is 0 Å². The first kappa shape index (κ1) is 16.6. The Kier molecular flexibility index (Phi) is 4.29. The number of amides is 1. The van der Waals surface area contributed by atoms with Crippen molar-refractivity contribution < 1.29 is 14.6 Å². The molecular weight excluding hydrogens is 316 g/mol. The summed E-state index contributed by atoms with van der Waals surface area (Å²) >= 11 is 0. The van der Waals surface area contributed by atoms with E-state index in [1.807, 2.05) is 24.0 Å². The maximum atomic E-state index is 13.3. The molecule has 2 aliphatic heterocycles. The average Bonchev–Trinajstić information content (AvgIpc) is 3.20. The molecule has 134 valence electrons. The van der Waals surface area contributed by atoms with E-state index in [1.54, 1.807) is 0 Å². The van der Waals surface area contributed by atoms with Crippen LogP contribution in [0.1, 0.15) is 40.9 Å². The molecule has 4 rings (SSSR count). The van der Waals surface area contributed by atoms with Crippen molar-refractivity contribution in [3.63, 3.8) is 0 Å². The first-order valence-electron chi connectivity index (χ1n) is 9.22. The van der Waals surface area contributed by atoms with E-state index in [-0.39, 0.29) is 24.0 Å². The minimum Gasteiger partial charge on any atom is -0.393 e. The molecule has 2 fully saturated rings. The van der Waals surface area contributed by atoms with Gasteiger partial charge in [-0.1, -0.05) is 12.1 Å². The molecule has 25 heavy (non-hydrogen) atoms. The topological polar surface area (TPSA) is 65.6 Å². The molecular formula is C20H26N2O3. The van der Waals surface area contributed by atoms with Gasteiger partial charge in [-0.3, -0.25) is 4.79 Å². The van der Waals surface area contributed by atoms with Crippen molar-refractivity contribution >= 4 is 16.8 Å². The largest absolute Gasteiger partial charge is 0.393 e. The highest BCUT2D eigenvalue weighted by molar-refractivity contribution is 6.06. The number of nitrogens with one attached hydrogen (secondary N) is 1. The summed E-state index contributed by atoms with van der Waals surface area (Å²) in [4.78, 5) is 18.7. The van der Waals surface area contributed by atoms with Gasteiger partial charge in [-0.15, -0.1) is 0 Å². The van der Waals surface area contributed by atoms with Gasteiger partial charge in [-0.05, 0) is 44.7 Å². The molecule has 3 heterocycles. The number of aromatic amines is 1. The fraction of sp³-hybridized carbons (Fsp3) is 0.550. The van der Waals surface area contributed by atoms with Crippen LogP contribution in [-0.4, -0.2) is 52.8 Å². The van der Waals surface area contributed by atoms with Crippen molar-refractivity contribution in [2.75, 3.05) is 19.8 Å². The van der Waals surface area contributed by atoms with Crippen LogP contribution in [0.3, 0.4) is 0 Å². The molecule has 3 unspecified atom stereocenters. The number of fused-ring (bicyclic) bond motifs is 1. The fourth-order valence-electron chi connectivity index (χ4n) is 4.42. The van der Waals surface area contributed by atoms with Crippen molar-refractivity contribution in [2.24, 2.45) is 5.92 Å². The van der Waals surface area contributed by atoms with Gasteiger partial charge in [0.2, 0.25) is 0 Å². The molecule has 2 aliphatic rings. The van der Waals surface area contributed by atoms with Crippen molar-refractivity contribution in [1.29, 1.82) is 0 Å². The standard InChI is InChI=1S/C20H26N2O3/c1-12-13(2)21-19-14(12)5-3-6-15(19)20(24)22-9-4-7-17(22)16-11-25-10-8-18(16)23/h3,5-6,16-18,21,23H,4,7-11H2,1-2H3. The predicted molar refractivity (Wildman–Crippen MR) is 96.8 cm³/mol. The minimum absolute atomic E-state index is 0.0199. The van der Waals surface area contributed by atoms with E-state index in [4.69, 9.17) is 4.74 Å². The molecule has 5 heteroatoms. The fourth-order valence-corrected chi connectivity index (χ4v) is 4.42. The number of ether oxygens (including phenoxy) is 1. The summed E-state index contributed by atoms with van der Waals surface area (Å²) in [5, 5.41) is 11.5. The predicted octanol–water partition coefficient (Wildman–Crippen LogP) is 2.79. The smallest absolute Gasteiger partial charge is 0.256 e. The van der Waals surface area contributed by atoms with Crippen LogP contribution in [0.5, 0.6) is 0 Å². The SMILES string of the molecule is Cc1[nH]c2c(C(=O)N3CCCC3C3COCCC3O)cccc2c1C. The van der Waals surface area contributed by atoms with Gasteiger partial charge in [0.05, 0.1) is 23.8 Å². The molecule has 1 aromatic heterocycles. The van der Waals surface area contributed by atoms with Crippen molar-refractivity contribution in [2.45, 2.75) is 45.3 Å². The van der Waals surface area contributed by atoms with Gasteiger partial charge in [0.1, 0.15) is 0 Å². The number of aromatic nitrogens is 1. The summed E-state index contributed by atoms with van der Waals surface area (Å²) in [7, 11) is 0. The first-order valence-corrected chi connectivity index (χ1v) is 9.22. The zero-order valence-corrected chi connectivity index (χ0v) is 14.9. The summed E-state index contributed by atoms with van der Waals surface area (Å²) in [6.45, 7) is 6.02. The van der Waals surface area contributed by atoms with E-state index in [2.05, 4.69) is 18.0 Å². The molecule has 1 aromatic carbocycles. The zero-order chi connectivity index (χ0) is 17.6. The van der Waals surface area contributed by atoms with E-state index in [0.29, 0.717) is 19.6 Å². The number of H-pyrrole nitrogens is 1. The van der Waals surface area contributed by atoms with Crippen LogP contribution in [0.15, 0.2) is 18.2 Å². The van der Waals surface area contributed by atoms with Crippen LogP contribution in [0.4, 0.5) is 0 Å². The van der Waals surface area contributed by atoms with Crippen LogP contribution in [0.25, 0.3) is 10.9 Å². The number of para-hydroxylation sites is 1. The lowest BCUT2D eigenvalue weighted by atomic mass is 9.89. The van der Waals surface area contributed by atoms with Gasteiger partial charge in [0.15, 0.2) is 0 Å². The number of rotatable bonds is 2. The molecule has 2 saturated heterocycles. The summed E-state index contributed by atoms with van der Waals surface area (Å²) in [5.74, 6) is 0.0821. The molecule has 1 amide bonds. The molecule has 0 aliphatic carbocycles. The van der Waals surface area contributed by atoms with E-state index >= 15 is 0 Å². The molecule has 0 radical (unpaired) electrons. The first-order chi connectivity index (χ1) is 12.1. The molecule has 0 bridgehead atoms. The number of carbonyl (C=O) groups is 1. The number of nitrogens with zero attached hydrogens (tertiary/aromatic N) is 1. The van der Waals surface area contributed by atoms with Gasteiger partial charge < -0.3 is 19.7 Å². The molecule has 2 N–H and O–H groups in total. The Morgan fingerprint density at radius 3 is 2.96 bits per heavy atom. The van der Waals surface area contributed by atoms with Gasteiger partial charge in [-0.2, -0.15) is 0 Å². The number of aliphatic hydroxyl groups excluding tert-OH is 1. The lowest BCUT2D eigenvalue weighted by molar-refractivity contribution is -0.0589. The second-order valence-corrected chi connectivity index (χ2v) is 7.41. The highest BCUT2D eigenvalue weighted by Crippen LogP contribution is 2.32. The van der Waals surface area contributed by atoms with Crippen LogP contribution >= 0.6 is 0 Å². The Balaban J connectivity index is 1.67. The number of likely N-dealkylation sites (tertiary alicyclic amines) is 1. The molecule has 0 saturated carbocycles. The second-order valence-electron chi connectivity index (χ2n) is 7.41. The van der Waals surface area contributed by atoms with Crippen LogP contribution in [0, 0.1) is 19.8 Å². The lowest BCUT2D eigenvalue weighted by Gasteiger charge is -2.37. The van der Waals surface area contributed by atoms with E-state index in [0.717, 1.165) is 41.5 Å². The number of aryl methyl sites for hydroxylation is 2. The third-order valence-electron chi connectivity index (χ3n) is 5.99. The Morgan fingerprint density at radius 2 is 2.16 bits per heavy atom. The number of benzene rings is 1. The van der Waals surface area contributed by atoms with E-state index in [9.17, 15) is 9.90 Å². The number of carbonyl (C=O) groups excluding carboxylic acids is 1. The monoisotopic (exact) mass is 342 g/mol. The van der Waals surface area contributed by atoms with Gasteiger partial charge >= 0.3 is 0 Å². The molecule has 3 atom stereocenters. The quantitative estimate of drug-likeness (QED) is 0.882. The van der Waals surface area contributed by atoms with Crippen molar-refractivity contribution in [3.8, 4) is 0 Å². The Labute approximate surface area is 148 Å². The van der Waals surface area contributed by atoms with Crippen LogP contribution in [0.2, 0.25) is 0 Å². The summed E-state index contributed by atoms with van der Waals surface area (Å²) < 4.78 is 5.58. The Bertz CT molecular complexity index is 798. The van der Waals surface area contributed by atoms with Crippen LogP contribution in [-0.2, 0) is 4.74 Å². The lowest BCUT2D eigenvalue weighted by Crippen LogP contribution is -2.48. The molecule has 2 aromatic rings. The van der Waals surface area contributed by atoms with Crippen LogP contribution < -0.4 is 0 Å². The van der Waals surface area contributed by atoms with Crippen molar-refractivity contribution in [1.82, 2.24) is 9.88 Å². The maximum absolute atomic E-state index is 13.3. The van der Waals surface area contributed by atoms with E-state index in [1.165, 1.54) is 5.56 Å². The zero-order valence-electron chi connectivity index (χ0n) is 14.9. The minimum atomic E-state index is -0.377. The summed E-state index contributed by atoms with van der Waals surface area (Å²) in [6.07, 6.45) is 2.21. The number of hydrogen-bond acceptors (Lipinski definition) is 3. The third-order valence-corrected chi connectivity index (χ3v) is 5.99. The Morgan fingerprint density at radius 1 is 1.32 bits per heavy atom. The third kappa shape index (κ3) is 2.75. The normalized spacial score (nSPS) is 27.2. The highest BCUT2D eigenvalue weighted by atomic mass is 16.5. The average molecular weight is 342 g/mol. The molecule has 5 nitrogen and oxygen atoms in total. The maximum Gasteiger partial charge on any atom is 0.256 e. The number of hydrogen-bond donors (Lipinski definition) is 2. The van der Waals surface area contributed by atoms with Gasteiger partial charge in [0, 0.05) is 36.2 Å². The van der Waals surface area contributed by atoms with Gasteiger partial charge in [-0.25, -0.2) is 0 Å². The molecule has 0 spiro atoms. The highest BCUT2D eigenvalue weighted by Gasteiger charge is 2.40. The second kappa shape index (κ2) is 6.46. The van der Waals surface area contributed by atoms with Crippen molar-refractivity contribution in [3.05, 3.63) is 35.0 Å².